The first-order valence-electron chi connectivity index (χ1n) is 3.42. The molecule has 1 unspecified atom stereocenters. The summed E-state index contributed by atoms with van der Waals surface area (Å²) in [6.45, 7) is 0.427. The van der Waals surface area contributed by atoms with Crippen molar-refractivity contribution in [2.24, 2.45) is 0 Å². The number of allylic oxidation sites excluding steroid dienone is 1. The van der Waals surface area contributed by atoms with Crippen molar-refractivity contribution in [3.05, 3.63) is 11.8 Å². The zero-order valence-corrected chi connectivity index (χ0v) is 6.68. The molecule has 6 heteroatoms. The van der Waals surface area contributed by atoms with Crippen LogP contribution in [-0.4, -0.2) is 29.3 Å². The predicted octanol–water partition coefficient (Wildman–Crippen LogP) is 0.783. The Balaban J connectivity index is 2.92. The van der Waals surface area contributed by atoms with Gasteiger partial charge in [0.05, 0.1) is 0 Å². The Bertz CT molecular complexity index is 265. The van der Waals surface area contributed by atoms with Crippen LogP contribution in [0.5, 0.6) is 0 Å². The summed E-state index contributed by atoms with van der Waals surface area (Å²) in [5.41, 5.74) is -1.85. The summed E-state index contributed by atoms with van der Waals surface area (Å²) in [6.07, 6.45) is -4.41. The monoisotopic (exact) mass is 196 g/mol. The molecule has 0 aromatic heterocycles. The molecular formula is C7H7F3O3. The van der Waals surface area contributed by atoms with Crippen LogP contribution in [0.25, 0.3) is 0 Å². The Kier molecular flexibility index (Phi) is 2.11. The number of carbonyl (C=O) groups excluding carboxylic acids is 1. The fourth-order valence-electron chi connectivity index (χ4n) is 0.769. The van der Waals surface area contributed by atoms with Crippen LogP contribution in [0, 0.1) is 0 Å². The van der Waals surface area contributed by atoms with Crippen molar-refractivity contribution in [3.8, 4) is 0 Å². The fourth-order valence-corrected chi connectivity index (χ4v) is 0.769. The molecule has 1 rings (SSSR count). The van der Waals surface area contributed by atoms with Crippen molar-refractivity contribution >= 4 is 5.78 Å². The van der Waals surface area contributed by atoms with E-state index in [-0.39, 0.29) is 6.08 Å². The fraction of sp³-hybridized carbons (Fsp3) is 0.571. The maximum atomic E-state index is 11.9. The van der Waals surface area contributed by atoms with Gasteiger partial charge in [0.2, 0.25) is 5.76 Å². The van der Waals surface area contributed by atoms with E-state index in [2.05, 4.69) is 4.74 Å². The third kappa shape index (κ3) is 2.00. The van der Waals surface area contributed by atoms with E-state index in [4.69, 9.17) is 5.11 Å². The van der Waals surface area contributed by atoms with E-state index in [1.165, 1.54) is 0 Å². The van der Waals surface area contributed by atoms with Gasteiger partial charge in [-0.3, -0.25) is 4.79 Å². The average Bonchev–Trinajstić information content (AvgIpc) is 1.92. The number of halogens is 3. The number of ketones is 1. The smallest absolute Gasteiger partial charge is 0.449 e. The zero-order valence-electron chi connectivity index (χ0n) is 6.68. The summed E-state index contributed by atoms with van der Waals surface area (Å²) in [5.74, 6) is -2.35. The average molecular weight is 196 g/mol. The number of hydrogen-bond donors (Lipinski definition) is 1. The Hall–Kier alpha value is -1.04. The summed E-state index contributed by atoms with van der Waals surface area (Å²) < 4.78 is 40.0. The minimum absolute atomic E-state index is 0.267. The number of aliphatic hydroxyl groups is 1. The van der Waals surface area contributed by atoms with E-state index in [0.717, 1.165) is 6.92 Å². The Morgan fingerprint density at radius 2 is 2.15 bits per heavy atom. The summed E-state index contributed by atoms with van der Waals surface area (Å²) in [7, 11) is 0. The van der Waals surface area contributed by atoms with Gasteiger partial charge in [-0.1, -0.05) is 0 Å². The molecule has 13 heavy (non-hydrogen) atoms. The second kappa shape index (κ2) is 2.73. The molecule has 1 atom stereocenters. The van der Waals surface area contributed by atoms with E-state index in [1.54, 1.807) is 0 Å². The summed E-state index contributed by atoms with van der Waals surface area (Å²) >= 11 is 0. The van der Waals surface area contributed by atoms with Crippen LogP contribution in [-0.2, 0) is 9.53 Å². The normalized spacial score (nSPS) is 29.6. The van der Waals surface area contributed by atoms with Crippen LogP contribution in [0.15, 0.2) is 11.8 Å². The molecule has 1 aliphatic heterocycles. The van der Waals surface area contributed by atoms with Gasteiger partial charge in [0.1, 0.15) is 6.61 Å². The first-order valence-corrected chi connectivity index (χ1v) is 3.42. The van der Waals surface area contributed by atoms with Gasteiger partial charge in [0, 0.05) is 6.08 Å². The molecule has 1 aliphatic rings. The Morgan fingerprint density at radius 1 is 1.62 bits per heavy atom. The molecule has 0 amide bonds. The van der Waals surface area contributed by atoms with Crippen LogP contribution >= 0.6 is 0 Å². The number of carbonyl (C=O) groups is 1. The summed E-state index contributed by atoms with van der Waals surface area (Å²) in [4.78, 5) is 10.9. The highest BCUT2D eigenvalue weighted by Gasteiger charge is 2.43. The Morgan fingerprint density at radius 3 is 2.54 bits per heavy atom. The van der Waals surface area contributed by atoms with E-state index < -0.39 is 29.9 Å². The lowest BCUT2D eigenvalue weighted by Crippen LogP contribution is -2.43. The van der Waals surface area contributed by atoms with Gasteiger partial charge in [-0.2, -0.15) is 13.2 Å². The van der Waals surface area contributed by atoms with E-state index in [0.29, 0.717) is 0 Å². The molecule has 0 saturated carbocycles. The van der Waals surface area contributed by atoms with Crippen LogP contribution in [0.3, 0.4) is 0 Å². The third-order valence-electron chi connectivity index (χ3n) is 1.58. The largest absolute Gasteiger partial charge is 0.485 e. The van der Waals surface area contributed by atoms with Gasteiger partial charge in [0.15, 0.2) is 11.4 Å². The van der Waals surface area contributed by atoms with Crippen molar-refractivity contribution in [1.29, 1.82) is 0 Å². The van der Waals surface area contributed by atoms with Gasteiger partial charge in [-0.05, 0) is 6.92 Å². The standard InChI is InChI=1S/C7H7F3O3/c1-6(12)3-13-5(2-4(6)11)7(8,9)10/h2,12H,3H2,1H3. The highest BCUT2D eigenvalue weighted by atomic mass is 19.4. The second-order valence-corrected chi connectivity index (χ2v) is 2.93. The first kappa shape index (κ1) is 10.0. The van der Waals surface area contributed by atoms with Crippen LogP contribution in [0.1, 0.15) is 6.92 Å². The summed E-state index contributed by atoms with van der Waals surface area (Å²) in [6, 6.07) is 0. The molecule has 3 nitrogen and oxygen atoms in total. The molecule has 0 bridgehead atoms. The number of hydrogen-bond acceptors (Lipinski definition) is 3. The maximum Gasteiger partial charge on any atom is 0.449 e. The molecular weight excluding hydrogens is 189 g/mol. The van der Waals surface area contributed by atoms with E-state index in [1.807, 2.05) is 0 Å². The predicted molar refractivity (Wildman–Crippen MR) is 35.7 cm³/mol. The molecule has 0 aromatic carbocycles. The molecule has 0 saturated heterocycles. The highest BCUT2D eigenvalue weighted by Crippen LogP contribution is 2.30. The lowest BCUT2D eigenvalue weighted by Gasteiger charge is -2.26. The van der Waals surface area contributed by atoms with Crippen molar-refractivity contribution < 1.29 is 27.8 Å². The quantitative estimate of drug-likeness (QED) is 0.622. The molecule has 0 fully saturated rings. The topological polar surface area (TPSA) is 46.5 Å². The van der Waals surface area contributed by atoms with Crippen LogP contribution in [0.4, 0.5) is 13.2 Å². The van der Waals surface area contributed by atoms with Crippen molar-refractivity contribution in [1.82, 2.24) is 0 Å². The van der Waals surface area contributed by atoms with Gasteiger partial charge < -0.3 is 9.84 Å². The molecule has 0 spiro atoms. The zero-order chi connectivity index (χ0) is 10.3. The van der Waals surface area contributed by atoms with Gasteiger partial charge in [-0.25, -0.2) is 0 Å². The van der Waals surface area contributed by atoms with E-state index >= 15 is 0 Å². The van der Waals surface area contributed by atoms with Crippen molar-refractivity contribution in [3.63, 3.8) is 0 Å². The summed E-state index contributed by atoms with van der Waals surface area (Å²) in [5, 5.41) is 9.14. The lowest BCUT2D eigenvalue weighted by atomic mass is 9.99. The van der Waals surface area contributed by atoms with E-state index in [9.17, 15) is 18.0 Å². The van der Waals surface area contributed by atoms with Gasteiger partial charge >= 0.3 is 6.18 Å². The first-order chi connectivity index (χ1) is 5.73. The highest BCUT2D eigenvalue weighted by molar-refractivity contribution is 5.97. The SMILES string of the molecule is CC1(O)COC(C(F)(F)F)=CC1=O. The van der Waals surface area contributed by atoms with Crippen LogP contribution in [0.2, 0.25) is 0 Å². The molecule has 1 heterocycles. The molecule has 1 N–H and O–H groups in total. The minimum atomic E-state index is -4.67. The Labute approximate surface area is 71.8 Å². The number of ether oxygens (including phenoxy) is 1. The van der Waals surface area contributed by atoms with Crippen molar-refractivity contribution in [2.45, 2.75) is 18.7 Å². The van der Waals surface area contributed by atoms with Gasteiger partial charge in [0.25, 0.3) is 0 Å². The molecule has 0 aromatic rings. The molecule has 74 valence electrons. The number of alkyl halides is 3. The minimum Gasteiger partial charge on any atom is -0.485 e. The van der Waals surface area contributed by atoms with Crippen molar-refractivity contribution in [2.75, 3.05) is 6.61 Å². The molecule has 0 radical (unpaired) electrons. The van der Waals surface area contributed by atoms with Gasteiger partial charge in [-0.15, -0.1) is 0 Å². The lowest BCUT2D eigenvalue weighted by molar-refractivity contribution is -0.160. The molecule has 0 aliphatic carbocycles. The second-order valence-electron chi connectivity index (χ2n) is 2.93. The maximum absolute atomic E-state index is 11.9. The third-order valence-corrected chi connectivity index (χ3v) is 1.58. The van der Waals surface area contributed by atoms with Crippen LogP contribution < -0.4 is 0 Å². The number of rotatable bonds is 0.